The van der Waals surface area contributed by atoms with E-state index in [4.69, 9.17) is 16.9 Å². The smallest absolute Gasteiger partial charge is 0.226 e. The Balaban J connectivity index is 2.05. The van der Waals surface area contributed by atoms with Crippen molar-refractivity contribution in [2.45, 2.75) is 0 Å². The van der Waals surface area contributed by atoms with Crippen LogP contribution in [0.25, 0.3) is 11.2 Å². The van der Waals surface area contributed by atoms with Crippen molar-refractivity contribution in [1.29, 1.82) is 5.26 Å². The molecular formula is C12H6ClFN6. The molecule has 0 aliphatic heterocycles. The van der Waals surface area contributed by atoms with Crippen LogP contribution in [0.3, 0.4) is 0 Å². The van der Waals surface area contributed by atoms with Crippen LogP contribution in [0.4, 0.5) is 15.9 Å². The number of anilines is 2. The molecule has 98 valence electrons. The van der Waals surface area contributed by atoms with Crippen LogP contribution in [0.1, 0.15) is 5.56 Å². The van der Waals surface area contributed by atoms with Crippen molar-refractivity contribution in [2.24, 2.45) is 0 Å². The number of nitrogens with one attached hydrogen (secondary N) is 2. The molecule has 3 aromatic rings. The third-order valence-corrected chi connectivity index (χ3v) is 2.78. The number of rotatable bonds is 2. The second-order valence-corrected chi connectivity index (χ2v) is 4.21. The Kier molecular flexibility index (Phi) is 2.93. The minimum atomic E-state index is -0.563. The molecule has 6 nitrogen and oxygen atoms in total. The zero-order valence-corrected chi connectivity index (χ0v) is 10.6. The van der Waals surface area contributed by atoms with E-state index in [1.165, 1.54) is 18.5 Å². The van der Waals surface area contributed by atoms with E-state index in [0.29, 0.717) is 17.0 Å². The average molecular weight is 289 g/mol. The van der Waals surface area contributed by atoms with E-state index in [1.807, 2.05) is 6.07 Å². The topological polar surface area (TPSA) is 90.3 Å². The molecule has 0 bridgehead atoms. The zero-order chi connectivity index (χ0) is 14.1. The molecule has 1 aromatic carbocycles. The van der Waals surface area contributed by atoms with Crippen molar-refractivity contribution >= 4 is 34.3 Å². The van der Waals surface area contributed by atoms with Crippen molar-refractivity contribution in [2.75, 3.05) is 5.32 Å². The summed E-state index contributed by atoms with van der Waals surface area (Å²) in [5.74, 6) is -0.257. The van der Waals surface area contributed by atoms with Crippen molar-refractivity contribution in [3.8, 4) is 6.07 Å². The van der Waals surface area contributed by atoms with Crippen LogP contribution in [-0.4, -0.2) is 19.9 Å². The first-order valence-electron chi connectivity index (χ1n) is 5.50. The molecule has 0 radical (unpaired) electrons. The van der Waals surface area contributed by atoms with Gasteiger partial charge < -0.3 is 10.3 Å². The van der Waals surface area contributed by atoms with Gasteiger partial charge in [0.15, 0.2) is 11.5 Å². The predicted octanol–water partition coefficient (Wildman–Crippen LogP) is 2.76. The number of nitrogens with zero attached hydrogens (tertiary/aromatic N) is 4. The van der Waals surface area contributed by atoms with Crippen LogP contribution >= 0.6 is 11.6 Å². The number of aromatic nitrogens is 4. The lowest BCUT2D eigenvalue weighted by molar-refractivity contribution is 0.631. The van der Waals surface area contributed by atoms with Crippen LogP contribution in [-0.2, 0) is 0 Å². The number of hydrogen-bond acceptors (Lipinski definition) is 5. The molecule has 0 spiro atoms. The Morgan fingerprint density at radius 1 is 1.35 bits per heavy atom. The molecule has 0 aliphatic carbocycles. The number of H-pyrrole nitrogens is 1. The van der Waals surface area contributed by atoms with Gasteiger partial charge in [-0.1, -0.05) is 0 Å². The lowest BCUT2D eigenvalue weighted by Crippen LogP contribution is -1.99. The summed E-state index contributed by atoms with van der Waals surface area (Å²) in [6.07, 6.45) is 1.44. The third-order valence-electron chi connectivity index (χ3n) is 2.61. The molecule has 2 heterocycles. The SMILES string of the molecule is N#Cc1ccc(Nc2nc(Cl)nc3nc[nH]c23)c(F)c1. The van der Waals surface area contributed by atoms with Crippen LogP contribution in [0.2, 0.25) is 5.28 Å². The van der Waals surface area contributed by atoms with Gasteiger partial charge in [-0.15, -0.1) is 0 Å². The zero-order valence-electron chi connectivity index (χ0n) is 9.85. The third kappa shape index (κ3) is 2.13. The van der Waals surface area contributed by atoms with Crippen LogP contribution in [0, 0.1) is 17.1 Å². The monoisotopic (exact) mass is 288 g/mol. The fourth-order valence-corrected chi connectivity index (χ4v) is 1.88. The minimum Gasteiger partial charge on any atom is -0.340 e. The van der Waals surface area contributed by atoms with Gasteiger partial charge >= 0.3 is 0 Å². The number of nitriles is 1. The summed E-state index contributed by atoms with van der Waals surface area (Å²) in [6.45, 7) is 0. The fourth-order valence-electron chi connectivity index (χ4n) is 1.71. The molecule has 8 heteroatoms. The maximum absolute atomic E-state index is 13.8. The van der Waals surface area contributed by atoms with Crippen molar-refractivity contribution in [1.82, 2.24) is 19.9 Å². The molecule has 3 rings (SSSR count). The highest BCUT2D eigenvalue weighted by molar-refractivity contribution is 6.28. The van der Waals surface area contributed by atoms with Gasteiger partial charge in [-0.3, -0.25) is 0 Å². The Morgan fingerprint density at radius 2 is 2.20 bits per heavy atom. The summed E-state index contributed by atoms with van der Waals surface area (Å²) in [7, 11) is 0. The van der Waals surface area contributed by atoms with E-state index >= 15 is 0 Å². The maximum atomic E-state index is 13.8. The molecule has 0 unspecified atom stereocenters. The standard InChI is InChI=1S/C12H6ClFN6/c13-12-19-10-9(16-5-17-10)11(20-12)18-8-2-1-6(4-15)3-7(8)14/h1-3,5H,(H2,16,17,18,19,20). The lowest BCUT2D eigenvalue weighted by atomic mass is 10.2. The molecule has 0 amide bonds. The molecule has 0 aliphatic rings. The molecule has 0 saturated carbocycles. The maximum Gasteiger partial charge on any atom is 0.226 e. The molecular weight excluding hydrogens is 283 g/mol. The fraction of sp³-hybridized carbons (Fsp3) is 0. The van der Waals surface area contributed by atoms with Crippen molar-refractivity contribution < 1.29 is 4.39 Å². The second-order valence-electron chi connectivity index (χ2n) is 3.87. The highest BCUT2D eigenvalue weighted by Crippen LogP contribution is 2.24. The number of imidazole rings is 1. The summed E-state index contributed by atoms with van der Waals surface area (Å²) in [5, 5.41) is 11.5. The van der Waals surface area contributed by atoms with Gasteiger partial charge in [0, 0.05) is 0 Å². The predicted molar refractivity (Wildman–Crippen MR) is 71.1 cm³/mol. The Labute approximate surface area is 117 Å². The first kappa shape index (κ1) is 12.3. The van der Waals surface area contributed by atoms with E-state index in [1.54, 1.807) is 0 Å². The number of aromatic amines is 1. The minimum absolute atomic E-state index is 0.00107. The van der Waals surface area contributed by atoms with Crippen LogP contribution in [0.15, 0.2) is 24.5 Å². The molecule has 2 aromatic heterocycles. The summed E-state index contributed by atoms with van der Waals surface area (Å²) in [6, 6.07) is 5.95. The van der Waals surface area contributed by atoms with Crippen LogP contribution in [0.5, 0.6) is 0 Å². The highest BCUT2D eigenvalue weighted by Gasteiger charge is 2.11. The van der Waals surface area contributed by atoms with Crippen molar-refractivity contribution in [3.63, 3.8) is 0 Å². The van der Waals surface area contributed by atoms with E-state index < -0.39 is 5.82 Å². The highest BCUT2D eigenvalue weighted by atomic mass is 35.5. The normalized spacial score (nSPS) is 10.4. The second kappa shape index (κ2) is 4.75. The van der Waals surface area contributed by atoms with Gasteiger partial charge in [0.05, 0.1) is 23.6 Å². The molecule has 2 N–H and O–H groups in total. The van der Waals surface area contributed by atoms with Gasteiger partial charge in [-0.05, 0) is 29.8 Å². The number of benzene rings is 1. The van der Waals surface area contributed by atoms with E-state index in [9.17, 15) is 4.39 Å². The van der Waals surface area contributed by atoms with Gasteiger partial charge in [-0.2, -0.15) is 15.2 Å². The first-order valence-corrected chi connectivity index (χ1v) is 5.88. The Bertz CT molecular complexity index is 838. The van der Waals surface area contributed by atoms with E-state index in [0.717, 1.165) is 6.07 Å². The molecule has 0 saturated heterocycles. The van der Waals surface area contributed by atoms with E-state index in [2.05, 4.69) is 25.3 Å². The number of fused-ring (bicyclic) bond motifs is 1. The quantitative estimate of drug-likeness (QED) is 0.708. The van der Waals surface area contributed by atoms with Gasteiger partial charge in [-0.25, -0.2) is 9.37 Å². The van der Waals surface area contributed by atoms with Crippen molar-refractivity contribution in [3.05, 3.63) is 41.2 Å². The van der Waals surface area contributed by atoms with Crippen LogP contribution < -0.4 is 5.32 Å². The molecule has 0 atom stereocenters. The number of hydrogen-bond donors (Lipinski definition) is 2. The summed E-state index contributed by atoms with van der Waals surface area (Å²) in [5.41, 5.74) is 1.30. The Morgan fingerprint density at radius 3 is 2.95 bits per heavy atom. The van der Waals surface area contributed by atoms with E-state index in [-0.39, 0.29) is 16.5 Å². The summed E-state index contributed by atoms with van der Waals surface area (Å²) >= 11 is 5.78. The van der Waals surface area contributed by atoms with Gasteiger partial charge in [0.2, 0.25) is 5.28 Å². The summed E-state index contributed by atoms with van der Waals surface area (Å²) < 4.78 is 13.8. The lowest BCUT2D eigenvalue weighted by Gasteiger charge is -2.07. The largest absolute Gasteiger partial charge is 0.340 e. The summed E-state index contributed by atoms with van der Waals surface area (Å²) in [4.78, 5) is 14.7. The Hall–Kier alpha value is -2.72. The van der Waals surface area contributed by atoms with Gasteiger partial charge in [0.25, 0.3) is 0 Å². The number of halogens is 2. The molecule has 20 heavy (non-hydrogen) atoms. The molecule has 0 fully saturated rings. The first-order chi connectivity index (χ1) is 9.67. The van der Waals surface area contributed by atoms with Gasteiger partial charge in [0.1, 0.15) is 11.3 Å². The average Bonchev–Trinajstić information content (AvgIpc) is 2.89.